The number of hydrogen-bond donors (Lipinski definition) is 2. The van der Waals surface area contributed by atoms with Crippen molar-refractivity contribution in [2.75, 3.05) is 6.54 Å². The van der Waals surface area contributed by atoms with Gasteiger partial charge in [0.2, 0.25) is 0 Å². The van der Waals surface area contributed by atoms with E-state index < -0.39 is 11.7 Å². The average Bonchev–Trinajstić information content (AvgIpc) is 2.78. The van der Waals surface area contributed by atoms with Gasteiger partial charge in [-0.25, -0.2) is 0 Å². The first-order valence-corrected chi connectivity index (χ1v) is 5.06. The van der Waals surface area contributed by atoms with Crippen molar-refractivity contribution in [1.29, 1.82) is 0 Å². The molecule has 5 nitrogen and oxygen atoms in total. The molecule has 1 heterocycles. The number of aldehydes is 1. The van der Waals surface area contributed by atoms with Crippen LogP contribution in [0.2, 0.25) is 0 Å². The first-order valence-electron chi connectivity index (χ1n) is 5.06. The molecule has 17 heavy (non-hydrogen) atoms. The second kappa shape index (κ2) is 4.61. The van der Waals surface area contributed by atoms with Crippen LogP contribution in [0.4, 0.5) is 0 Å². The zero-order valence-electron chi connectivity index (χ0n) is 8.90. The van der Waals surface area contributed by atoms with E-state index in [4.69, 9.17) is 0 Å². The van der Waals surface area contributed by atoms with E-state index in [1.54, 1.807) is 12.1 Å². The number of hydrogen-bond acceptors (Lipinski definition) is 3. The molecule has 0 saturated heterocycles. The van der Waals surface area contributed by atoms with Gasteiger partial charge in [0.25, 0.3) is 11.7 Å². The van der Waals surface area contributed by atoms with Gasteiger partial charge >= 0.3 is 0 Å². The van der Waals surface area contributed by atoms with Crippen LogP contribution in [0.15, 0.2) is 30.5 Å². The van der Waals surface area contributed by atoms with Crippen LogP contribution in [0.25, 0.3) is 10.9 Å². The molecule has 86 valence electrons. The predicted octanol–water partition coefficient (Wildman–Crippen LogP) is 0.666. The lowest BCUT2D eigenvalue weighted by Crippen LogP contribution is -2.32. The Hall–Kier alpha value is -2.43. The Balaban J connectivity index is 2.30. The first kappa shape index (κ1) is 11.1. The highest BCUT2D eigenvalue weighted by Crippen LogP contribution is 2.17. The van der Waals surface area contributed by atoms with Gasteiger partial charge in [-0.3, -0.25) is 9.59 Å². The van der Waals surface area contributed by atoms with Crippen molar-refractivity contribution in [3.05, 3.63) is 36.0 Å². The molecule has 0 bridgehead atoms. The summed E-state index contributed by atoms with van der Waals surface area (Å²) in [6, 6.07) is 7.19. The molecule has 0 aliphatic heterocycles. The fourth-order valence-corrected chi connectivity index (χ4v) is 1.60. The topological polar surface area (TPSA) is 79.0 Å². The minimum atomic E-state index is -0.776. The number of carbonyl (C=O) groups is 3. The van der Waals surface area contributed by atoms with E-state index in [0.717, 1.165) is 5.52 Å². The van der Waals surface area contributed by atoms with Crippen molar-refractivity contribution < 1.29 is 14.4 Å². The smallest absolute Gasteiger partial charge is 0.292 e. The van der Waals surface area contributed by atoms with Gasteiger partial charge in [0, 0.05) is 17.1 Å². The second-order valence-corrected chi connectivity index (χ2v) is 3.45. The SMILES string of the molecule is O=CCNC(=O)C(=O)c1c[nH]c2ccccc12. The van der Waals surface area contributed by atoms with Crippen molar-refractivity contribution in [2.24, 2.45) is 0 Å². The Bertz CT molecular complexity index is 586. The van der Waals surface area contributed by atoms with Crippen molar-refractivity contribution in [3.8, 4) is 0 Å². The first-order chi connectivity index (χ1) is 8.24. The van der Waals surface area contributed by atoms with Crippen molar-refractivity contribution in [3.63, 3.8) is 0 Å². The third-order valence-corrected chi connectivity index (χ3v) is 2.39. The van der Waals surface area contributed by atoms with Gasteiger partial charge in [0.15, 0.2) is 0 Å². The number of H-pyrrole nitrogens is 1. The Morgan fingerprint density at radius 3 is 2.82 bits per heavy atom. The lowest BCUT2D eigenvalue weighted by atomic mass is 10.1. The van der Waals surface area contributed by atoms with Crippen LogP contribution in [0.1, 0.15) is 10.4 Å². The van der Waals surface area contributed by atoms with Crippen molar-refractivity contribution >= 4 is 28.9 Å². The number of Topliss-reactive ketones (excluding diaryl/α,β-unsaturated/α-hetero) is 1. The molecular formula is C12H10N2O3. The summed E-state index contributed by atoms with van der Waals surface area (Å²) in [7, 11) is 0. The summed E-state index contributed by atoms with van der Waals surface area (Å²) in [6.07, 6.45) is 2.02. The van der Waals surface area contributed by atoms with Crippen LogP contribution < -0.4 is 5.32 Å². The lowest BCUT2D eigenvalue weighted by molar-refractivity contribution is -0.118. The van der Waals surface area contributed by atoms with Crippen LogP contribution >= 0.6 is 0 Å². The lowest BCUT2D eigenvalue weighted by Gasteiger charge is -1.99. The highest BCUT2D eigenvalue weighted by atomic mass is 16.2. The number of nitrogens with one attached hydrogen (secondary N) is 2. The summed E-state index contributed by atoms with van der Waals surface area (Å²) in [5.41, 5.74) is 1.10. The normalized spacial score (nSPS) is 10.1. The van der Waals surface area contributed by atoms with Gasteiger partial charge in [-0.05, 0) is 6.07 Å². The van der Waals surface area contributed by atoms with Gasteiger partial charge in [-0.1, -0.05) is 18.2 Å². The molecule has 2 rings (SSSR count). The highest BCUT2D eigenvalue weighted by molar-refractivity contribution is 6.45. The summed E-state index contributed by atoms with van der Waals surface area (Å²) >= 11 is 0. The fourth-order valence-electron chi connectivity index (χ4n) is 1.60. The number of aromatic nitrogens is 1. The summed E-state index contributed by atoms with van der Waals surface area (Å²) in [5, 5.41) is 2.91. The number of para-hydroxylation sites is 1. The van der Waals surface area contributed by atoms with E-state index >= 15 is 0 Å². The fraction of sp³-hybridized carbons (Fsp3) is 0.0833. The third kappa shape index (κ3) is 2.08. The molecule has 0 unspecified atom stereocenters. The summed E-state index contributed by atoms with van der Waals surface area (Å²) in [5.74, 6) is -1.42. The number of fused-ring (bicyclic) bond motifs is 1. The van der Waals surface area contributed by atoms with E-state index in [-0.39, 0.29) is 6.54 Å². The molecule has 0 saturated carbocycles. The number of aromatic amines is 1. The number of rotatable bonds is 4. The molecule has 0 spiro atoms. The average molecular weight is 230 g/mol. The second-order valence-electron chi connectivity index (χ2n) is 3.45. The minimum absolute atomic E-state index is 0.160. The quantitative estimate of drug-likeness (QED) is 0.460. The maximum Gasteiger partial charge on any atom is 0.292 e. The van der Waals surface area contributed by atoms with Crippen LogP contribution in [-0.4, -0.2) is 29.5 Å². The number of carbonyl (C=O) groups excluding carboxylic acids is 3. The molecule has 5 heteroatoms. The monoisotopic (exact) mass is 230 g/mol. The predicted molar refractivity (Wildman–Crippen MR) is 61.7 cm³/mol. The van der Waals surface area contributed by atoms with E-state index in [9.17, 15) is 14.4 Å². The van der Waals surface area contributed by atoms with E-state index in [1.165, 1.54) is 6.20 Å². The maximum atomic E-state index is 11.8. The van der Waals surface area contributed by atoms with Crippen LogP contribution in [-0.2, 0) is 9.59 Å². The minimum Gasteiger partial charge on any atom is -0.360 e. The maximum absolute atomic E-state index is 11.8. The van der Waals surface area contributed by atoms with Crippen molar-refractivity contribution in [2.45, 2.75) is 0 Å². The Kier molecular flexibility index (Phi) is 3.00. The molecule has 0 aliphatic carbocycles. The van der Waals surface area contributed by atoms with Crippen molar-refractivity contribution in [1.82, 2.24) is 10.3 Å². The molecule has 0 radical (unpaired) electrons. The van der Waals surface area contributed by atoms with E-state index in [1.807, 2.05) is 12.1 Å². The third-order valence-electron chi connectivity index (χ3n) is 2.39. The highest BCUT2D eigenvalue weighted by Gasteiger charge is 2.18. The Morgan fingerprint density at radius 1 is 1.29 bits per heavy atom. The summed E-state index contributed by atoms with van der Waals surface area (Å²) in [4.78, 5) is 36.2. The van der Waals surface area contributed by atoms with Gasteiger partial charge in [0.1, 0.15) is 6.29 Å². The number of amides is 1. The van der Waals surface area contributed by atoms with Gasteiger partial charge < -0.3 is 15.1 Å². The molecule has 0 atom stereocenters. The molecule has 1 aromatic heterocycles. The molecule has 2 N–H and O–H groups in total. The largest absolute Gasteiger partial charge is 0.360 e. The van der Waals surface area contributed by atoms with E-state index in [2.05, 4.69) is 10.3 Å². The molecule has 2 aromatic rings. The molecule has 0 aliphatic rings. The Morgan fingerprint density at radius 2 is 2.06 bits per heavy atom. The molecule has 0 fully saturated rings. The van der Waals surface area contributed by atoms with Crippen LogP contribution in [0.5, 0.6) is 0 Å². The molecule has 1 aromatic carbocycles. The summed E-state index contributed by atoms with van der Waals surface area (Å²) in [6.45, 7) is -0.160. The number of ketones is 1. The zero-order chi connectivity index (χ0) is 12.3. The van der Waals surface area contributed by atoms with Gasteiger partial charge in [0.05, 0.1) is 12.1 Å². The summed E-state index contributed by atoms with van der Waals surface area (Å²) < 4.78 is 0. The Labute approximate surface area is 96.8 Å². The number of benzene rings is 1. The zero-order valence-corrected chi connectivity index (χ0v) is 8.90. The van der Waals surface area contributed by atoms with E-state index in [0.29, 0.717) is 17.2 Å². The van der Waals surface area contributed by atoms with Crippen LogP contribution in [0, 0.1) is 0 Å². The molecule has 1 amide bonds. The van der Waals surface area contributed by atoms with Crippen LogP contribution in [0.3, 0.4) is 0 Å². The van der Waals surface area contributed by atoms with Gasteiger partial charge in [-0.15, -0.1) is 0 Å². The molecular weight excluding hydrogens is 220 g/mol. The standard InChI is InChI=1S/C12H10N2O3/c15-6-5-13-12(17)11(16)9-7-14-10-4-2-1-3-8(9)10/h1-4,6-7,14H,5H2,(H,13,17). The van der Waals surface area contributed by atoms with Gasteiger partial charge in [-0.2, -0.15) is 0 Å².